The lowest BCUT2D eigenvalue weighted by atomic mass is 9.40. The number of aliphatic hydroxyl groups is 7. The smallest absolute Gasteiger partial charge is 0.0436 e. The van der Waals surface area contributed by atoms with Gasteiger partial charge in [-0.1, -0.05) is 141 Å². The Kier molecular flexibility index (Phi) is 28.8. The lowest BCUT2D eigenvalue weighted by Crippen LogP contribution is -2.59. The molecule has 1 rings (SSSR count). The molecule has 1 aliphatic carbocycles. The number of hydrogen-bond donors (Lipinski definition) is 7. The van der Waals surface area contributed by atoms with E-state index in [4.69, 9.17) is 0 Å². The predicted octanol–water partition coefficient (Wildman–Crippen LogP) is 8.61. The maximum Gasteiger partial charge on any atom is 0.0436 e. The monoisotopic (exact) mass is 701 g/mol. The van der Waals surface area contributed by atoms with E-state index in [1.54, 1.807) is 0 Å². The Hall–Kier alpha value is -0.280. The van der Waals surface area contributed by atoms with Crippen molar-refractivity contribution in [2.24, 2.45) is 22.2 Å². The quantitative estimate of drug-likeness (QED) is 0.0962. The molecule has 0 bridgehead atoms. The van der Waals surface area contributed by atoms with Crippen molar-refractivity contribution >= 4 is 0 Å². The number of rotatable bonds is 14. The molecule has 1 atom stereocenters. The van der Waals surface area contributed by atoms with Gasteiger partial charge in [-0.05, 0) is 80.0 Å². The van der Waals surface area contributed by atoms with E-state index in [-0.39, 0.29) is 52.2 Å². The summed E-state index contributed by atoms with van der Waals surface area (Å²) < 4.78 is 0. The van der Waals surface area contributed by atoms with Gasteiger partial charge in [-0.25, -0.2) is 0 Å². The van der Waals surface area contributed by atoms with Gasteiger partial charge in [0.05, 0.1) is 0 Å². The highest BCUT2D eigenvalue weighted by Crippen LogP contribution is 2.67. The summed E-state index contributed by atoms with van der Waals surface area (Å²) in [5.41, 5.74) is -2.07. The van der Waals surface area contributed by atoms with E-state index in [1.807, 2.05) is 0 Å². The van der Waals surface area contributed by atoms with Gasteiger partial charge in [0.15, 0.2) is 0 Å². The van der Waals surface area contributed by atoms with Gasteiger partial charge < -0.3 is 35.7 Å². The van der Waals surface area contributed by atoms with Crippen LogP contribution in [0.15, 0.2) is 0 Å². The molecule has 0 aromatic carbocycles. The van der Waals surface area contributed by atoms with E-state index in [2.05, 4.69) is 0 Å². The van der Waals surface area contributed by atoms with Crippen LogP contribution in [0.1, 0.15) is 199 Å². The molecule has 49 heavy (non-hydrogen) atoms. The van der Waals surface area contributed by atoms with E-state index in [0.717, 1.165) is 44.9 Å². The first-order valence-electron chi connectivity index (χ1n) is 21.3. The van der Waals surface area contributed by atoms with E-state index >= 15 is 0 Å². The molecule has 1 unspecified atom stereocenters. The average Bonchev–Trinajstić information content (AvgIpc) is 3.09. The van der Waals surface area contributed by atoms with Crippen molar-refractivity contribution < 1.29 is 35.7 Å². The summed E-state index contributed by atoms with van der Waals surface area (Å²) in [6, 6.07) is 0. The van der Waals surface area contributed by atoms with E-state index in [9.17, 15) is 35.7 Å². The third-order valence-electron chi connectivity index (χ3n) is 13.1. The van der Waals surface area contributed by atoms with Crippen molar-refractivity contribution in [3.8, 4) is 0 Å². The Bertz CT molecular complexity index is 699. The summed E-state index contributed by atoms with van der Waals surface area (Å²) >= 11 is 0. The molecule has 294 valence electrons. The van der Waals surface area contributed by atoms with Gasteiger partial charge >= 0.3 is 0 Å². The zero-order valence-corrected chi connectivity index (χ0v) is 32.1. The first-order valence-corrected chi connectivity index (χ1v) is 21.3. The maximum atomic E-state index is 10.8. The van der Waals surface area contributed by atoms with Gasteiger partial charge in [0, 0.05) is 46.2 Å². The molecule has 1 aliphatic rings. The third-order valence-corrected chi connectivity index (χ3v) is 13.1. The molecule has 0 radical (unpaired) electrons. The van der Waals surface area contributed by atoms with Gasteiger partial charge in [0.25, 0.3) is 0 Å². The largest absolute Gasteiger partial charge is 0.396 e. The second-order valence-corrected chi connectivity index (χ2v) is 15.9. The molecule has 1 saturated carbocycles. The van der Waals surface area contributed by atoms with Crippen molar-refractivity contribution in [1.82, 2.24) is 0 Å². The molecule has 7 heteroatoms. The highest BCUT2D eigenvalue weighted by Gasteiger charge is 2.62. The number of aliphatic hydroxyl groups excluding tert-OH is 7. The van der Waals surface area contributed by atoms with Gasteiger partial charge in [-0.15, -0.1) is 0 Å². The van der Waals surface area contributed by atoms with Crippen LogP contribution < -0.4 is 0 Å². The summed E-state index contributed by atoms with van der Waals surface area (Å²) in [6.45, 7) is -0.602. The Balaban J connectivity index is 3.46. The summed E-state index contributed by atoms with van der Waals surface area (Å²) in [7, 11) is 0. The molecular weight excluding hydrogens is 616 g/mol. The molecule has 0 aromatic rings. The molecule has 7 nitrogen and oxygen atoms in total. The maximum absolute atomic E-state index is 10.8. The van der Waals surface area contributed by atoms with E-state index in [0.29, 0.717) is 44.9 Å². The second kappa shape index (κ2) is 30.2. The molecule has 7 N–H and O–H groups in total. The lowest BCUT2D eigenvalue weighted by molar-refractivity contribution is -0.183. The Morgan fingerprint density at radius 2 is 0.633 bits per heavy atom. The van der Waals surface area contributed by atoms with Crippen LogP contribution in [0, 0.1) is 22.2 Å². The molecule has 0 aromatic heterocycles. The van der Waals surface area contributed by atoms with Crippen LogP contribution in [0.5, 0.6) is 0 Å². The molecule has 0 spiro atoms. The zero-order chi connectivity index (χ0) is 35.9. The summed E-state index contributed by atoms with van der Waals surface area (Å²) in [4.78, 5) is 0. The molecule has 0 aliphatic heterocycles. The van der Waals surface area contributed by atoms with Crippen LogP contribution in [-0.2, 0) is 0 Å². The van der Waals surface area contributed by atoms with Crippen molar-refractivity contribution in [1.29, 1.82) is 0 Å². The minimum Gasteiger partial charge on any atom is -0.396 e. The van der Waals surface area contributed by atoms with Crippen LogP contribution in [0.25, 0.3) is 0 Å². The zero-order valence-electron chi connectivity index (χ0n) is 32.1. The molecule has 0 heterocycles. The SMILES string of the molecule is OCCC1CCCCCCCCCCCCCCCCCCCCCCCCC(CCO)(CCO)C(CCO)(CCO)C1(CCO)CCO. The topological polar surface area (TPSA) is 142 Å². The summed E-state index contributed by atoms with van der Waals surface area (Å²) in [5, 5.41) is 74.7. The van der Waals surface area contributed by atoms with Crippen molar-refractivity contribution in [3.05, 3.63) is 0 Å². The molecular formula is C42H84O7. The fourth-order valence-electron chi connectivity index (χ4n) is 10.6. The van der Waals surface area contributed by atoms with Crippen LogP contribution in [0.4, 0.5) is 0 Å². The fourth-order valence-corrected chi connectivity index (χ4v) is 10.6. The Morgan fingerprint density at radius 1 is 0.327 bits per heavy atom. The van der Waals surface area contributed by atoms with Gasteiger partial charge in [0.2, 0.25) is 0 Å². The van der Waals surface area contributed by atoms with Crippen LogP contribution in [-0.4, -0.2) is 82.0 Å². The normalized spacial score (nSPS) is 23.7. The summed E-state index contributed by atoms with van der Waals surface area (Å²) in [6.07, 6.45) is 32.1. The second-order valence-electron chi connectivity index (χ2n) is 15.9. The van der Waals surface area contributed by atoms with Crippen LogP contribution in [0.3, 0.4) is 0 Å². The highest BCUT2D eigenvalue weighted by molar-refractivity contribution is 5.10. The van der Waals surface area contributed by atoms with Crippen LogP contribution in [0.2, 0.25) is 0 Å². The fraction of sp³-hybridized carbons (Fsp3) is 1.00. The van der Waals surface area contributed by atoms with Gasteiger partial charge in [-0.2, -0.15) is 0 Å². The first-order chi connectivity index (χ1) is 24.0. The molecule has 0 saturated heterocycles. The Labute approximate surface area is 302 Å². The Morgan fingerprint density at radius 3 is 0.939 bits per heavy atom. The first kappa shape index (κ1) is 46.7. The summed E-state index contributed by atoms with van der Waals surface area (Å²) in [5.74, 6) is -0.0431. The van der Waals surface area contributed by atoms with Crippen LogP contribution >= 0.6 is 0 Å². The third kappa shape index (κ3) is 16.1. The highest BCUT2D eigenvalue weighted by atomic mass is 16.3. The average molecular weight is 701 g/mol. The molecule has 0 amide bonds. The van der Waals surface area contributed by atoms with Gasteiger partial charge in [-0.3, -0.25) is 0 Å². The van der Waals surface area contributed by atoms with Gasteiger partial charge in [0.1, 0.15) is 0 Å². The lowest BCUT2D eigenvalue weighted by Gasteiger charge is -2.64. The predicted molar refractivity (Wildman–Crippen MR) is 204 cm³/mol. The van der Waals surface area contributed by atoms with Crippen molar-refractivity contribution in [2.75, 3.05) is 46.2 Å². The van der Waals surface area contributed by atoms with E-state index < -0.39 is 16.2 Å². The minimum absolute atomic E-state index is 0.00932. The molecule has 1 fully saturated rings. The van der Waals surface area contributed by atoms with Crippen molar-refractivity contribution in [3.63, 3.8) is 0 Å². The van der Waals surface area contributed by atoms with E-state index in [1.165, 1.54) is 109 Å². The number of hydrogen-bond acceptors (Lipinski definition) is 7. The van der Waals surface area contributed by atoms with Crippen molar-refractivity contribution in [2.45, 2.75) is 199 Å². The minimum atomic E-state index is -0.761. The standard InChI is InChI=1S/C42H84O7/c43-32-24-39-23-21-19-17-15-13-11-9-7-5-3-1-2-4-6-8-10-12-14-16-18-20-22-25-40(26-33-44,27-34-45)42(30-37-48,31-38-49)41(39,28-35-46)29-36-47/h39,43-49H,1-38H2.